The maximum Gasteiger partial charge on any atom is 0.166 e. The molecule has 24 heavy (non-hydrogen) atoms. The van der Waals surface area contributed by atoms with Gasteiger partial charge < -0.3 is 9.97 Å². The topological polar surface area (TPSA) is 57.4 Å². The lowest BCUT2D eigenvalue weighted by Crippen LogP contribution is -2.05. The first-order valence-corrected chi connectivity index (χ1v) is 10.5. The normalized spacial score (nSPS) is 11.8. The van der Waals surface area contributed by atoms with Crippen LogP contribution < -0.4 is 0 Å². The Morgan fingerprint density at radius 1 is 0.792 bits per heavy atom. The minimum absolute atomic E-state index is 0.383. The molecule has 0 spiro atoms. The number of benzene rings is 2. The lowest BCUT2D eigenvalue weighted by atomic mass is 10.3. The van der Waals surface area contributed by atoms with Crippen LogP contribution >= 0.6 is 39.5 Å². The Morgan fingerprint density at radius 2 is 1.25 bits per heavy atom. The molecule has 0 atom stereocenters. The molecule has 2 heterocycles. The van der Waals surface area contributed by atoms with Crippen LogP contribution in [0.4, 0.5) is 0 Å². The van der Waals surface area contributed by atoms with Gasteiger partial charge in [-0.25, -0.2) is 9.97 Å². The summed E-state index contributed by atoms with van der Waals surface area (Å²) in [6, 6.07) is 16.2. The first kappa shape index (κ1) is 16.1. The highest BCUT2D eigenvalue weighted by molar-refractivity contribution is 9.09. The zero-order chi connectivity index (χ0) is 16.4. The first-order chi connectivity index (χ1) is 11.8. The zero-order valence-electron chi connectivity index (χ0n) is 12.7. The van der Waals surface area contributed by atoms with Crippen molar-refractivity contribution in [2.45, 2.75) is 15.1 Å². The Hall–Kier alpha value is -1.44. The molecule has 122 valence electrons. The predicted octanol–water partition coefficient (Wildman–Crippen LogP) is 5.09. The molecule has 4 rings (SSSR count). The molecule has 0 fully saturated rings. The van der Waals surface area contributed by atoms with Gasteiger partial charge in [-0.3, -0.25) is 0 Å². The van der Waals surface area contributed by atoms with Gasteiger partial charge in [-0.05, 0) is 24.3 Å². The van der Waals surface area contributed by atoms with Crippen LogP contribution in [-0.2, 0) is 0 Å². The molecule has 0 unspecified atom stereocenters. The highest BCUT2D eigenvalue weighted by Gasteiger charge is 2.10. The molecule has 0 aliphatic rings. The average molecular weight is 419 g/mol. The van der Waals surface area contributed by atoms with Crippen LogP contribution in [0.5, 0.6) is 0 Å². The summed E-state index contributed by atoms with van der Waals surface area (Å²) in [5, 5.41) is 1.93. The van der Waals surface area contributed by atoms with Gasteiger partial charge >= 0.3 is 0 Å². The summed E-state index contributed by atoms with van der Waals surface area (Å²) < 4.78 is 0. The fourth-order valence-corrected chi connectivity index (χ4v) is 4.93. The van der Waals surface area contributed by atoms with Crippen LogP contribution in [0, 0.1) is 0 Å². The second-order valence-corrected chi connectivity index (χ2v) is 8.65. The largest absolute Gasteiger partial charge is 0.333 e. The summed E-state index contributed by atoms with van der Waals surface area (Å²) in [5.41, 5.74) is 4.20. The molecular formula is C17H15BrN4S2. The molecule has 0 aliphatic carbocycles. The van der Waals surface area contributed by atoms with E-state index < -0.39 is 0 Å². The van der Waals surface area contributed by atoms with Crippen molar-refractivity contribution in [1.82, 2.24) is 19.9 Å². The quantitative estimate of drug-likeness (QED) is 0.338. The molecule has 0 bridgehead atoms. The Labute approximate surface area is 156 Å². The van der Waals surface area contributed by atoms with E-state index >= 15 is 0 Å². The minimum atomic E-state index is 0.383. The Bertz CT molecular complexity index is 821. The Balaban J connectivity index is 1.32. The van der Waals surface area contributed by atoms with Crippen LogP contribution in [-0.4, -0.2) is 36.3 Å². The fraction of sp³-hybridized carbons (Fsp3) is 0.176. The van der Waals surface area contributed by atoms with E-state index in [0.29, 0.717) is 4.83 Å². The molecule has 0 saturated heterocycles. The number of aromatic amines is 2. The molecule has 2 N–H and O–H groups in total. The van der Waals surface area contributed by atoms with Crippen molar-refractivity contribution in [2.75, 3.05) is 11.5 Å². The van der Waals surface area contributed by atoms with E-state index in [1.54, 1.807) is 23.5 Å². The molecule has 2 aromatic heterocycles. The van der Waals surface area contributed by atoms with Crippen LogP contribution in [0.3, 0.4) is 0 Å². The first-order valence-electron chi connectivity index (χ1n) is 7.57. The van der Waals surface area contributed by atoms with Crippen molar-refractivity contribution < 1.29 is 0 Å². The summed E-state index contributed by atoms with van der Waals surface area (Å²) in [5.74, 6) is 1.90. The summed E-state index contributed by atoms with van der Waals surface area (Å²) >= 11 is 7.23. The third kappa shape index (κ3) is 3.63. The summed E-state index contributed by atoms with van der Waals surface area (Å²) in [4.78, 5) is 16.3. The average Bonchev–Trinajstić information content (AvgIpc) is 3.21. The van der Waals surface area contributed by atoms with Crippen molar-refractivity contribution in [1.29, 1.82) is 0 Å². The number of hydrogen-bond acceptors (Lipinski definition) is 4. The van der Waals surface area contributed by atoms with Gasteiger partial charge in [-0.2, -0.15) is 0 Å². The van der Waals surface area contributed by atoms with Gasteiger partial charge in [-0.15, -0.1) is 0 Å². The van der Waals surface area contributed by atoms with E-state index in [4.69, 9.17) is 0 Å². The summed E-state index contributed by atoms with van der Waals surface area (Å²) in [6.07, 6.45) is 0. The fourth-order valence-electron chi connectivity index (χ4n) is 2.38. The molecule has 2 aromatic carbocycles. The number of imidazole rings is 2. The van der Waals surface area contributed by atoms with Gasteiger partial charge in [-0.1, -0.05) is 63.7 Å². The van der Waals surface area contributed by atoms with Crippen LogP contribution in [0.15, 0.2) is 58.8 Å². The van der Waals surface area contributed by atoms with Crippen molar-refractivity contribution in [3.8, 4) is 0 Å². The molecule has 0 aliphatic heterocycles. The minimum Gasteiger partial charge on any atom is -0.333 e. The SMILES string of the molecule is BrC(CSc1nc2ccccc2[nH]1)CSc1nc2ccccc2[nH]1. The maximum absolute atomic E-state index is 4.59. The molecule has 4 nitrogen and oxygen atoms in total. The van der Waals surface area contributed by atoms with Crippen molar-refractivity contribution in [3.63, 3.8) is 0 Å². The van der Waals surface area contributed by atoms with Gasteiger partial charge in [0, 0.05) is 16.3 Å². The van der Waals surface area contributed by atoms with Gasteiger partial charge in [0.25, 0.3) is 0 Å². The number of H-pyrrole nitrogens is 2. The second kappa shape index (κ2) is 7.21. The highest BCUT2D eigenvalue weighted by atomic mass is 79.9. The molecule has 0 saturated carbocycles. The summed E-state index contributed by atoms with van der Waals surface area (Å²) in [6.45, 7) is 0. The van der Waals surface area contributed by atoms with E-state index in [2.05, 4.69) is 48.0 Å². The van der Waals surface area contributed by atoms with E-state index in [-0.39, 0.29) is 0 Å². The second-order valence-electron chi connectivity index (χ2n) is 5.34. The number of fused-ring (bicyclic) bond motifs is 2. The van der Waals surface area contributed by atoms with Crippen LogP contribution in [0.1, 0.15) is 0 Å². The molecule has 7 heteroatoms. The maximum atomic E-state index is 4.59. The van der Waals surface area contributed by atoms with Crippen LogP contribution in [0.2, 0.25) is 0 Å². The van der Waals surface area contributed by atoms with Crippen molar-refractivity contribution in [2.24, 2.45) is 0 Å². The molecule has 0 radical (unpaired) electrons. The number of nitrogens with one attached hydrogen (secondary N) is 2. The third-order valence-electron chi connectivity index (χ3n) is 3.54. The lowest BCUT2D eigenvalue weighted by molar-refractivity contribution is 1.06. The number of thioether (sulfide) groups is 2. The Kier molecular flexibility index (Phi) is 4.82. The van der Waals surface area contributed by atoms with Gasteiger partial charge in [0.05, 0.1) is 22.1 Å². The highest BCUT2D eigenvalue weighted by Crippen LogP contribution is 2.26. The summed E-state index contributed by atoms with van der Waals surface area (Å²) in [7, 11) is 0. The monoisotopic (exact) mass is 418 g/mol. The number of halogens is 1. The lowest BCUT2D eigenvalue weighted by Gasteiger charge is -2.06. The number of para-hydroxylation sites is 4. The number of alkyl halides is 1. The van der Waals surface area contributed by atoms with E-state index in [9.17, 15) is 0 Å². The molecule has 4 aromatic rings. The van der Waals surface area contributed by atoms with E-state index in [0.717, 1.165) is 43.9 Å². The van der Waals surface area contributed by atoms with E-state index in [1.165, 1.54) is 0 Å². The standard InChI is InChI=1S/C17H15BrN4S2/c18-11(9-23-16-19-12-5-1-2-6-13(12)20-16)10-24-17-21-14-7-3-4-8-15(14)22-17/h1-8,11H,9-10H2,(H,19,20)(H,21,22). The molecular weight excluding hydrogens is 404 g/mol. The van der Waals surface area contributed by atoms with Crippen molar-refractivity contribution >= 4 is 61.5 Å². The Morgan fingerprint density at radius 3 is 1.71 bits per heavy atom. The number of aromatic nitrogens is 4. The predicted molar refractivity (Wildman–Crippen MR) is 106 cm³/mol. The van der Waals surface area contributed by atoms with Gasteiger partial charge in [0.2, 0.25) is 0 Å². The zero-order valence-corrected chi connectivity index (χ0v) is 15.9. The molecule has 0 amide bonds. The van der Waals surface area contributed by atoms with Gasteiger partial charge in [0.1, 0.15) is 0 Å². The number of rotatable bonds is 6. The van der Waals surface area contributed by atoms with Crippen LogP contribution in [0.25, 0.3) is 22.1 Å². The number of hydrogen-bond donors (Lipinski definition) is 2. The smallest absolute Gasteiger partial charge is 0.166 e. The van der Waals surface area contributed by atoms with Gasteiger partial charge in [0.15, 0.2) is 10.3 Å². The third-order valence-corrected chi connectivity index (χ3v) is 7.11. The van der Waals surface area contributed by atoms with Crippen molar-refractivity contribution in [3.05, 3.63) is 48.5 Å². The number of nitrogens with zero attached hydrogens (tertiary/aromatic N) is 2. The van der Waals surface area contributed by atoms with E-state index in [1.807, 2.05) is 36.4 Å².